The second-order valence-electron chi connectivity index (χ2n) is 7.68. The maximum atomic E-state index is 14.9. The Hall–Kier alpha value is -5.19. The summed E-state index contributed by atoms with van der Waals surface area (Å²) >= 11 is 0. The van der Waals surface area contributed by atoms with Crippen molar-refractivity contribution in [2.45, 2.75) is 0 Å². The molecule has 184 valence electrons. The second kappa shape index (κ2) is 9.82. The van der Waals surface area contributed by atoms with Crippen molar-refractivity contribution >= 4 is 22.6 Å². The molecule has 37 heavy (non-hydrogen) atoms. The van der Waals surface area contributed by atoms with E-state index in [1.807, 2.05) is 0 Å². The third kappa shape index (κ3) is 4.82. The maximum Gasteiger partial charge on any atom is 0.286 e. The van der Waals surface area contributed by atoms with Gasteiger partial charge in [-0.25, -0.2) is 18.7 Å². The zero-order valence-electron chi connectivity index (χ0n) is 19.2. The van der Waals surface area contributed by atoms with Gasteiger partial charge in [-0.3, -0.25) is 19.1 Å². The number of rotatable bonds is 6. The minimum absolute atomic E-state index is 0.0793. The number of pyridine rings is 2. The summed E-state index contributed by atoms with van der Waals surface area (Å²) in [6.45, 7) is 0. The van der Waals surface area contributed by atoms with Gasteiger partial charge in [-0.1, -0.05) is 0 Å². The van der Waals surface area contributed by atoms with Crippen molar-refractivity contribution in [2.75, 3.05) is 12.4 Å². The lowest BCUT2D eigenvalue weighted by atomic mass is 10.2. The van der Waals surface area contributed by atoms with Crippen molar-refractivity contribution < 1.29 is 23.0 Å². The van der Waals surface area contributed by atoms with Gasteiger partial charge in [-0.15, -0.1) is 0 Å². The summed E-state index contributed by atoms with van der Waals surface area (Å²) in [5.74, 6) is -1.39. The van der Waals surface area contributed by atoms with Gasteiger partial charge in [0.25, 0.3) is 11.5 Å². The Balaban J connectivity index is 1.36. The summed E-state index contributed by atoms with van der Waals surface area (Å²) in [5.41, 5.74) is 0.205. The molecule has 5 rings (SSSR count). The number of carbonyl (C=O) groups is 1. The molecule has 0 radical (unpaired) electrons. The first-order valence-electron chi connectivity index (χ1n) is 10.8. The van der Waals surface area contributed by atoms with Crippen LogP contribution in [0.4, 0.5) is 14.5 Å². The normalized spacial score (nSPS) is 10.8. The Bertz CT molecular complexity index is 1690. The number of hydrogen-bond donors (Lipinski definition) is 1. The number of ether oxygens (including phenoxy) is 2. The quantitative estimate of drug-likeness (QED) is 0.365. The van der Waals surface area contributed by atoms with Crippen LogP contribution in [0.2, 0.25) is 0 Å². The number of benzene rings is 2. The molecule has 0 fully saturated rings. The molecule has 0 spiro atoms. The van der Waals surface area contributed by atoms with Gasteiger partial charge < -0.3 is 14.8 Å². The minimum atomic E-state index is -0.840. The van der Waals surface area contributed by atoms with Crippen LogP contribution >= 0.6 is 0 Å². The average molecular weight is 501 g/mol. The first kappa shape index (κ1) is 23.5. The summed E-state index contributed by atoms with van der Waals surface area (Å²) < 4.78 is 40.1. The third-order valence-corrected chi connectivity index (χ3v) is 5.32. The zero-order chi connectivity index (χ0) is 25.9. The Morgan fingerprint density at radius 2 is 1.76 bits per heavy atom. The number of methoxy groups -OCH3 is 1. The number of nitrogens with one attached hydrogen (secondary N) is 1. The van der Waals surface area contributed by atoms with Crippen molar-refractivity contribution in [1.29, 1.82) is 0 Å². The lowest BCUT2D eigenvalue weighted by Gasteiger charge is -2.11. The smallest absolute Gasteiger partial charge is 0.286 e. The Morgan fingerprint density at radius 1 is 0.946 bits per heavy atom. The standard InChI is InChI=1S/C26H17F2N5O4/c1-36-18-13-20-23(31-14-18)22(8-9-29-20)37-21-7-4-16(12-19(21)28)32-25(34)24-26(35)33(11-10-30-24)17-5-2-15(27)3-6-17/h2-14H,1H3,(H,32,34). The fourth-order valence-corrected chi connectivity index (χ4v) is 3.52. The van der Waals surface area contributed by atoms with Crippen LogP contribution in [-0.2, 0) is 0 Å². The van der Waals surface area contributed by atoms with E-state index < -0.39 is 28.8 Å². The molecule has 1 amide bonds. The maximum absolute atomic E-state index is 14.9. The SMILES string of the molecule is COc1cnc2c(Oc3ccc(NC(=O)c4nccn(-c5ccc(F)cc5)c4=O)cc3F)ccnc2c1. The van der Waals surface area contributed by atoms with E-state index >= 15 is 0 Å². The van der Waals surface area contributed by atoms with Gasteiger partial charge in [-0.2, -0.15) is 0 Å². The number of carbonyl (C=O) groups excluding carboxylic acids is 1. The fraction of sp³-hybridized carbons (Fsp3) is 0.0385. The van der Waals surface area contributed by atoms with Crippen LogP contribution < -0.4 is 20.3 Å². The number of aromatic nitrogens is 4. The molecule has 0 aliphatic rings. The lowest BCUT2D eigenvalue weighted by molar-refractivity contribution is 0.102. The lowest BCUT2D eigenvalue weighted by Crippen LogP contribution is -2.29. The van der Waals surface area contributed by atoms with Crippen LogP contribution in [0.15, 0.2) is 84.2 Å². The number of fused-ring (bicyclic) bond motifs is 1. The molecular formula is C26H17F2N5O4. The van der Waals surface area contributed by atoms with E-state index in [-0.39, 0.29) is 17.2 Å². The molecule has 0 saturated heterocycles. The molecular weight excluding hydrogens is 484 g/mol. The van der Waals surface area contributed by atoms with Crippen LogP contribution in [0.5, 0.6) is 17.2 Å². The van der Waals surface area contributed by atoms with E-state index in [4.69, 9.17) is 9.47 Å². The average Bonchev–Trinajstić information content (AvgIpc) is 2.90. The summed E-state index contributed by atoms with van der Waals surface area (Å²) in [5, 5.41) is 2.45. The topological polar surface area (TPSA) is 108 Å². The van der Waals surface area contributed by atoms with Crippen LogP contribution in [-0.4, -0.2) is 32.5 Å². The molecule has 2 aromatic carbocycles. The first-order chi connectivity index (χ1) is 17.9. The van der Waals surface area contributed by atoms with E-state index in [0.717, 1.165) is 10.6 Å². The summed E-state index contributed by atoms with van der Waals surface area (Å²) in [7, 11) is 1.51. The summed E-state index contributed by atoms with van der Waals surface area (Å²) in [4.78, 5) is 37.9. The predicted molar refractivity (Wildman–Crippen MR) is 130 cm³/mol. The van der Waals surface area contributed by atoms with Gasteiger partial charge in [0, 0.05) is 48.2 Å². The highest BCUT2D eigenvalue weighted by Crippen LogP contribution is 2.31. The number of amides is 1. The van der Waals surface area contributed by atoms with Gasteiger partial charge in [0.05, 0.1) is 18.8 Å². The highest BCUT2D eigenvalue weighted by Gasteiger charge is 2.17. The van der Waals surface area contributed by atoms with Crippen molar-refractivity contribution in [3.8, 4) is 22.9 Å². The minimum Gasteiger partial charge on any atom is -0.495 e. The Labute approximate surface area is 208 Å². The molecule has 1 N–H and O–H groups in total. The number of nitrogens with zero attached hydrogens (tertiary/aromatic N) is 4. The van der Waals surface area contributed by atoms with E-state index in [9.17, 15) is 18.4 Å². The molecule has 9 nitrogen and oxygen atoms in total. The Morgan fingerprint density at radius 3 is 2.51 bits per heavy atom. The van der Waals surface area contributed by atoms with Crippen LogP contribution in [0.1, 0.15) is 10.5 Å². The van der Waals surface area contributed by atoms with Crippen molar-refractivity contribution in [1.82, 2.24) is 19.5 Å². The molecule has 11 heteroatoms. The van der Waals surface area contributed by atoms with Crippen LogP contribution in [0.3, 0.4) is 0 Å². The number of halogens is 2. The van der Waals surface area contributed by atoms with Gasteiger partial charge in [0.15, 0.2) is 23.0 Å². The molecule has 3 heterocycles. The molecule has 0 unspecified atom stereocenters. The monoisotopic (exact) mass is 501 g/mol. The number of hydrogen-bond acceptors (Lipinski definition) is 7. The van der Waals surface area contributed by atoms with Gasteiger partial charge in [-0.05, 0) is 36.4 Å². The molecule has 0 saturated carbocycles. The van der Waals surface area contributed by atoms with Crippen LogP contribution in [0, 0.1) is 11.6 Å². The van der Waals surface area contributed by atoms with Crippen LogP contribution in [0.25, 0.3) is 16.7 Å². The van der Waals surface area contributed by atoms with E-state index in [1.165, 1.54) is 68.3 Å². The van der Waals surface area contributed by atoms with Gasteiger partial charge >= 0.3 is 0 Å². The fourth-order valence-electron chi connectivity index (χ4n) is 3.52. The molecule has 0 atom stereocenters. The predicted octanol–water partition coefficient (Wildman–Crippen LogP) is 4.51. The molecule has 3 aromatic heterocycles. The van der Waals surface area contributed by atoms with Gasteiger partial charge in [0.2, 0.25) is 0 Å². The highest BCUT2D eigenvalue weighted by atomic mass is 19.1. The molecule has 5 aromatic rings. The van der Waals surface area contributed by atoms with E-state index in [2.05, 4.69) is 20.3 Å². The summed E-state index contributed by atoms with van der Waals surface area (Å²) in [6, 6.07) is 12.2. The largest absolute Gasteiger partial charge is 0.495 e. The number of anilines is 1. The highest BCUT2D eigenvalue weighted by molar-refractivity contribution is 6.02. The Kier molecular flexibility index (Phi) is 6.25. The van der Waals surface area contributed by atoms with E-state index in [1.54, 1.807) is 12.1 Å². The first-order valence-corrected chi connectivity index (χ1v) is 10.8. The summed E-state index contributed by atoms with van der Waals surface area (Å²) in [6.07, 6.45) is 5.61. The van der Waals surface area contributed by atoms with Gasteiger partial charge in [0.1, 0.15) is 17.1 Å². The molecule has 0 aliphatic carbocycles. The van der Waals surface area contributed by atoms with Crippen molar-refractivity contribution in [3.63, 3.8) is 0 Å². The molecule has 0 bridgehead atoms. The van der Waals surface area contributed by atoms with Crippen molar-refractivity contribution in [2.24, 2.45) is 0 Å². The molecule has 0 aliphatic heterocycles. The van der Waals surface area contributed by atoms with Crippen molar-refractivity contribution in [3.05, 3.63) is 107 Å². The zero-order valence-corrected chi connectivity index (χ0v) is 19.2. The van der Waals surface area contributed by atoms with E-state index in [0.29, 0.717) is 22.5 Å². The third-order valence-electron chi connectivity index (χ3n) is 5.32. The second-order valence-corrected chi connectivity index (χ2v) is 7.68.